The van der Waals surface area contributed by atoms with Gasteiger partial charge in [-0.3, -0.25) is 4.98 Å². The van der Waals surface area contributed by atoms with Crippen LogP contribution in [0.4, 0.5) is 4.39 Å². The van der Waals surface area contributed by atoms with Gasteiger partial charge in [0.1, 0.15) is 5.82 Å². The van der Waals surface area contributed by atoms with Gasteiger partial charge in [0.2, 0.25) is 0 Å². The lowest BCUT2D eigenvalue weighted by Gasteiger charge is -2.21. The van der Waals surface area contributed by atoms with Crippen LogP contribution in [0.5, 0.6) is 0 Å². The molecule has 102 valence electrons. The Bertz CT molecular complexity index is 595. The number of hydrogen-bond acceptors (Lipinski definition) is 3. The molecule has 1 N–H and O–H groups in total. The summed E-state index contributed by atoms with van der Waals surface area (Å²) in [4.78, 5) is 4.05. The summed E-state index contributed by atoms with van der Waals surface area (Å²) >= 11 is 0. The second-order valence-corrected chi connectivity index (χ2v) is 4.51. The summed E-state index contributed by atoms with van der Waals surface area (Å²) in [6.45, 7) is -0.119. The van der Waals surface area contributed by atoms with Crippen LogP contribution in [0, 0.1) is 17.1 Å². The predicted octanol–water partition coefficient (Wildman–Crippen LogP) is 2.99. The molecule has 0 amide bonds. The van der Waals surface area contributed by atoms with Gasteiger partial charge in [0.15, 0.2) is 0 Å². The monoisotopic (exact) mass is 270 g/mol. The fraction of sp³-hybridized carbons (Fsp3) is 0.250. The van der Waals surface area contributed by atoms with Crippen LogP contribution in [-0.4, -0.2) is 16.7 Å². The molecule has 1 aromatic heterocycles. The van der Waals surface area contributed by atoms with Crippen LogP contribution in [0.2, 0.25) is 0 Å². The van der Waals surface area contributed by atoms with E-state index in [1.807, 2.05) is 30.3 Å². The van der Waals surface area contributed by atoms with Gasteiger partial charge < -0.3 is 5.11 Å². The van der Waals surface area contributed by atoms with Crippen LogP contribution in [0.3, 0.4) is 0 Å². The van der Waals surface area contributed by atoms with Crippen molar-refractivity contribution in [1.82, 2.24) is 4.98 Å². The van der Waals surface area contributed by atoms with Gasteiger partial charge in [-0.15, -0.1) is 0 Å². The Labute approximate surface area is 117 Å². The van der Waals surface area contributed by atoms with Crippen molar-refractivity contribution < 1.29 is 9.50 Å². The zero-order chi connectivity index (χ0) is 14.4. The van der Waals surface area contributed by atoms with Gasteiger partial charge >= 0.3 is 0 Å². The van der Waals surface area contributed by atoms with Crippen molar-refractivity contribution >= 4 is 0 Å². The Balaban J connectivity index is 2.42. The van der Waals surface area contributed by atoms with Gasteiger partial charge in [-0.25, -0.2) is 4.39 Å². The minimum Gasteiger partial charge on any atom is -0.396 e. The van der Waals surface area contributed by atoms with Crippen LogP contribution < -0.4 is 0 Å². The van der Waals surface area contributed by atoms with E-state index in [9.17, 15) is 14.8 Å². The number of nitrogens with zero attached hydrogens (tertiary/aromatic N) is 2. The fourth-order valence-electron chi connectivity index (χ4n) is 2.33. The summed E-state index contributed by atoms with van der Waals surface area (Å²) < 4.78 is 13.9. The molecule has 4 heteroatoms. The Morgan fingerprint density at radius 3 is 2.55 bits per heavy atom. The average Bonchev–Trinajstić information content (AvgIpc) is 2.49. The van der Waals surface area contributed by atoms with Crippen LogP contribution in [0.15, 0.2) is 48.7 Å². The molecule has 0 bridgehead atoms. The maximum Gasteiger partial charge on any atom is 0.145 e. The zero-order valence-corrected chi connectivity index (χ0v) is 10.9. The lowest BCUT2D eigenvalue weighted by atomic mass is 9.82. The highest BCUT2D eigenvalue weighted by molar-refractivity contribution is 5.31. The molecule has 0 unspecified atom stereocenters. The van der Waals surface area contributed by atoms with E-state index < -0.39 is 17.7 Å². The quantitative estimate of drug-likeness (QED) is 0.908. The van der Waals surface area contributed by atoms with Crippen molar-refractivity contribution in [1.29, 1.82) is 5.26 Å². The van der Waals surface area contributed by atoms with Crippen molar-refractivity contribution in [2.24, 2.45) is 0 Å². The predicted molar refractivity (Wildman–Crippen MR) is 73.4 cm³/mol. The first-order chi connectivity index (χ1) is 9.77. The van der Waals surface area contributed by atoms with E-state index in [0.29, 0.717) is 6.42 Å². The smallest absolute Gasteiger partial charge is 0.145 e. The van der Waals surface area contributed by atoms with Gasteiger partial charge in [0.25, 0.3) is 0 Å². The Morgan fingerprint density at radius 1 is 1.20 bits per heavy atom. The van der Waals surface area contributed by atoms with E-state index in [4.69, 9.17) is 0 Å². The second-order valence-electron chi connectivity index (χ2n) is 4.51. The number of aliphatic hydroxyl groups excluding tert-OH is 1. The molecule has 2 aromatic rings. The first kappa shape index (κ1) is 14.2. The number of benzene rings is 1. The molecule has 2 rings (SSSR count). The van der Waals surface area contributed by atoms with Crippen LogP contribution >= 0.6 is 0 Å². The molecule has 0 spiro atoms. The normalized spacial score (nSPS) is 13.4. The molecular weight excluding hydrogens is 255 g/mol. The molecule has 0 aliphatic rings. The highest BCUT2D eigenvalue weighted by Crippen LogP contribution is 2.35. The van der Waals surface area contributed by atoms with E-state index in [0.717, 1.165) is 5.56 Å². The third kappa shape index (κ3) is 3.01. The van der Waals surface area contributed by atoms with Gasteiger partial charge in [0.05, 0.1) is 17.7 Å². The van der Waals surface area contributed by atoms with Crippen LogP contribution in [0.1, 0.15) is 29.5 Å². The third-order valence-electron chi connectivity index (χ3n) is 3.28. The third-order valence-corrected chi connectivity index (χ3v) is 3.28. The minimum absolute atomic E-state index is 0.119. The van der Waals surface area contributed by atoms with E-state index in [-0.39, 0.29) is 12.3 Å². The molecule has 0 aliphatic heterocycles. The van der Waals surface area contributed by atoms with Gasteiger partial charge in [-0.1, -0.05) is 30.3 Å². The largest absolute Gasteiger partial charge is 0.396 e. The summed E-state index contributed by atoms with van der Waals surface area (Å²) in [6, 6.07) is 14.3. The molecular formula is C16H15FN2O. The number of pyridine rings is 1. The summed E-state index contributed by atoms with van der Waals surface area (Å²) in [7, 11) is 0. The molecule has 0 saturated carbocycles. The molecule has 0 fully saturated rings. The van der Waals surface area contributed by atoms with Crippen molar-refractivity contribution in [3.63, 3.8) is 0 Å². The first-order valence-corrected chi connectivity index (χ1v) is 6.43. The summed E-state index contributed by atoms with van der Waals surface area (Å²) in [5.74, 6) is -1.44. The fourth-order valence-corrected chi connectivity index (χ4v) is 2.33. The second kappa shape index (κ2) is 6.78. The molecule has 1 aromatic carbocycles. The molecule has 0 radical (unpaired) electrons. The van der Waals surface area contributed by atoms with Gasteiger partial charge in [-0.2, -0.15) is 5.26 Å². The van der Waals surface area contributed by atoms with E-state index in [1.165, 1.54) is 18.3 Å². The van der Waals surface area contributed by atoms with Crippen molar-refractivity contribution in [2.75, 3.05) is 6.61 Å². The van der Waals surface area contributed by atoms with E-state index >= 15 is 0 Å². The highest BCUT2D eigenvalue weighted by Gasteiger charge is 2.27. The SMILES string of the molecule is N#C[C@H](c1ccccc1)[C@@H](CCO)c1ncccc1F. The Hall–Kier alpha value is -2.25. The highest BCUT2D eigenvalue weighted by atomic mass is 19.1. The maximum atomic E-state index is 13.9. The Kier molecular flexibility index (Phi) is 4.80. The lowest BCUT2D eigenvalue weighted by Crippen LogP contribution is -2.15. The van der Waals surface area contributed by atoms with Gasteiger partial charge in [0, 0.05) is 18.7 Å². The van der Waals surface area contributed by atoms with Crippen LogP contribution in [-0.2, 0) is 0 Å². The summed E-state index contributed by atoms with van der Waals surface area (Å²) in [5.41, 5.74) is 1.04. The van der Waals surface area contributed by atoms with E-state index in [1.54, 1.807) is 0 Å². The zero-order valence-electron chi connectivity index (χ0n) is 10.9. The molecule has 1 heterocycles. The summed E-state index contributed by atoms with van der Waals surface area (Å²) in [5, 5.41) is 18.7. The standard InChI is InChI=1S/C16H15FN2O/c17-15-7-4-9-19-16(15)13(8-10-20)14(11-18)12-5-2-1-3-6-12/h1-7,9,13-14,20H,8,10H2/t13-,14-/m1/s1. The first-order valence-electron chi connectivity index (χ1n) is 6.43. The lowest BCUT2D eigenvalue weighted by molar-refractivity contribution is 0.269. The molecule has 2 atom stereocenters. The molecule has 0 saturated heterocycles. The topological polar surface area (TPSA) is 56.9 Å². The van der Waals surface area contributed by atoms with Crippen molar-refractivity contribution in [2.45, 2.75) is 18.3 Å². The Morgan fingerprint density at radius 2 is 1.95 bits per heavy atom. The minimum atomic E-state index is -0.534. The number of aromatic nitrogens is 1. The van der Waals surface area contributed by atoms with Crippen molar-refractivity contribution in [3.8, 4) is 6.07 Å². The molecule has 3 nitrogen and oxygen atoms in total. The van der Waals surface area contributed by atoms with E-state index in [2.05, 4.69) is 11.1 Å². The van der Waals surface area contributed by atoms with Crippen LogP contribution in [0.25, 0.3) is 0 Å². The van der Waals surface area contributed by atoms with Gasteiger partial charge in [-0.05, 0) is 24.1 Å². The number of aliphatic hydroxyl groups is 1. The average molecular weight is 270 g/mol. The summed E-state index contributed by atoms with van der Waals surface area (Å²) in [6.07, 6.45) is 1.79. The van der Waals surface area contributed by atoms with Crippen molar-refractivity contribution in [3.05, 3.63) is 65.7 Å². The molecule has 20 heavy (non-hydrogen) atoms. The number of hydrogen-bond donors (Lipinski definition) is 1. The molecule has 0 aliphatic carbocycles. The number of rotatable bonds is 5. The number of halogens is 1. The number of nitriles is 1. The maximum absolute atomic E-state index is 13.9.